The Kier molecular flexibility index (Phi) is 6.93. The van der Waals surface area contributed by atoms with Crippen LogP contribution in [0.15, 0.2) is 36.5 Å². The third-order valence-electron chi connectivity index (χ3n) is 4.45. The van der Waals surface area contributed by atoms with Crippen LogP contribution in [-0.4, -0.2) is 50.9 Å². The number of halogens is 3. The van der Waals surface area contributed by atoms with E-state index in [9.17, 15) is 18.0 Å². The van der Waals surface area contributed by atoms with Crippen molar-refractivity contribution >= 4 is 17.5 Å². The van der Waals surface area contributed by atoms with Gasteiger partial charge in [-0.2, -0.15) is 13.2 Å². The number of hydrogen-bond donors (Lipinski definition) is 3. The van der Waals surface area contributed by atoms with Gasteiger partial charge in [0.1, 0.15) is 12.4 Å². The number of carboxylic acids is 1. The first-order valence-corrected chi connectivity index (χ1v) is 9.51. The number of para-hydroxylation sites is 1. The fourth-order valence-corrected chi connectivity index (χ4v) is 2.94. The Morgan fingerprint density at radius 1 is 1.25 bits per heavy atom. The maximum absolute atomic E-state index is 12.7. The molecule has 0 radical (unpaired) electrons. The van der Waals surface area contributed by atoms with Crippen LogP contribution in [0, 0.1) is 6.92 Å². The second-order valence-electron chi connectivity index (χ2n) is 6.86. The van der Waals surface area contributed by atoms with Gasteiger partial charge in [-0.1, -0.05) is 18.2 Å². The van der Waals surface area contributed by atoms with Gasteiger partial charge in [-0.25, -0.2) is 4.79 Å². The van der Waals surface area contributed by atoms with Crippen LogP contribution < -0.4 is 15.4 Å². The molecule has 9 nitrogen and oxygen atoms in total. The summed E-state index contributed by atoms with van der Waals surface area (Å²) in [6, 6.07) is 9.52. The minimum absolute atomic E-state index is 0.178. The second kappa shape index (κ2) is 9.64. The Balaban J connectivity index is 0.000000360. The van der Waals surface area contributed by atoms with Gasteiger partial charge in [0.25, 0.3) is 5.91 Å². The molecule has 0 bridgehead atoms. The van der Waals surface area contributed by atoms with Crippen molar-refractivity contribution in [3.63, 3.8) is 0 Å². The van der Waals surface area contributed by atoms with Gasteiger partial charge in [-0.3, -0.25) is 9.20 Å². The second-order valence-corrected chi connectivity index (χ2v) is 6.86. The van der Waals surface area contributed by atoms with Gasteiger partial charge in [0.2, 0.25) is 0 Å². The molecule has 12 heteroatoms. The quantitative estimate of drug-likeness (QED) is 0.558. The van der Waals surface area contributed by atoms with Gasteiger partial charge >= 0.3 is 12.1 Å². The summed E-state index contributed by atoms with van der Waals surface area (Å²) in [4.78, 5) is 21.6. The smallest absolute Gasteiger partial charge is 0.490 e. The Morgan fingerprint density at radius 2 is 2.00 bits per heavy atom. The molecule has 3 heterocycles. The molecule has 4 rings (SSSR count). The largest absolute Gasteiger partial charge is 0.491 e. The molecule has 1 aliphatic rings. The molecule has 3 aromatic rings. The molecule has 32 heavy (non-hydrogen) atoms. The molecule has 0 atom stereocenters. The average molecular weight is 451 g/mol. The van der Waals surface area contributed by atoms with Gasteiger partial charge in [-0.15, -0.1) is 10.2 Å². The summed E-state index contributed by atoms with van der Waals surface area (Å²) in [6.45, 7) is 4.31. The number of carboxylic acid groups (broad SMARTS) is 1. The van der Waals surface area contributed by atoms with Crippen molar-refractivity contribution in [2.24, 2.45) is 0 Å². The van der Waals surface area contributed by atoms with E-state index in [2.05, 4.69) is 20.8 Å². The van der Waals surface area contributed by atoms with Crippen LogP contribution in [0.1, 0.15) is 27.3 Å². The van der Waals surface area contributed by atoms with E-state index in [0.717, 1.165) is 23.3 Å². The lowest BCUT2D eigenvalue weighted by molar-refractivity contribution is -0.192. The average Bonchev–Trinajstić information content (AvgIpc) is 2.97. The fourth-order valence-electron chi connectivity index (χ4n) is 2.94. The summed E-state index contributed by atoms with van der Waals surface area (Å²) in [7, 11) is 0. The number of nitrogens with one attached hydrogen (secondary N) is 2. The van der Waals surface area contributed by atoms with E-state index in [4.69, 9.17) is 14.6 Å². The standard InChI is InChI=1S/C18H19N5O2.C2HF3O2/c1-12-5-6-15-21-22-16(23(15)11-12)10-20-18(24)14-4-2-3-13-9-19-7-8-25-17(13)14;3-2(4,5)1(6)7/h2-6,11,19H,7-10H2,1H3,(H,20,24);(H,6,7). The van der Waals surface area contributed by atoms with Crippen LogP contribution in [0.25, 0.3) is 5.65 Å². The van der Waals surface area contributed by atoms with Gasteiger partial charge in [0.05, 0.1) is 12.1 Å². The molecule has 3 N–H and O–H groups in total. The molecule has 1 amide bonds. The van der Waals surface area contributed by atoms with Crippen LogP contribution in [0.3, 0.4) is 0 Å². The molecular weight excluding hydrogens is 431 g/mol. The van der Waals surface area contributed by atoms with E-state index in [1.807, 2.05) is 41.8 Å². The van der Waals surface area contributed by atoms with Gasteiger partial charge in [0.15, 0.2) is 11.5 Å². The number of fused-ring (bicyclic) bond motifs is 2. The van der Waals surface area contributed by atoms with Gasteiger partial charge in [-0.05, 0) is 24.6 Å². The first-order valence-electron chi connectivity index (χ1n) is 9.51. The number of ether oxygens (including phenoxy) is 1. The van der Waals surface area contributed by atoms with Crippen LogP contribution in [-0.2, 0) is 17.9 Å². The Labute approximate surface area is 180 Å². The predicted molar refractivity (Wildman–Crippen MR) is 106 cm³/mol. The minimum atomic E-state index is -5.08. The number of amides is 1. The maximum atomic E-state index is 12.7. The third kappa shape index (κ3) is 5.52. The molecule has 0 spiro atoms. The highest BCUT2D eigenvalue weighted by molar-refractivity contribution is 5.97. The van der Waals surface area contributed by atoms with E-state index < -0.39 is 12.1 Å². The maximum Gasteiger partial charge on any atom is 0.490 e. The summed E-state index contributed by atoms with van der Waals surface area (Å²) in [6.07, 6.45) is -3.12. The molecule has 0 saturated carbocycles. The molecule has 0 saturated heterocycles. The SMILES string of the molecule is Cc1ccc2nnc(CNC(=O)c3cccc4c3OCCNC4)n2c1.O=C(O)C(F)(F)F. The molecular formula is C20H20F3N5O4. The predicted octanol–water partition coefficient (Wildman–Crippen LogP) is 2.08. The number of carbonyl (C=O) groups is 2. The van der Waals surface area contributed by atoms with Crippen molar-refractivity contribution in [1.82, 2.24) is 25.2 Å². The van der Waals surface area contributed by atoms with Gasteiger partial charge in [0, 0.05) is 24.8 Å². The van der Waals surface area contributed by atoms with Crippen LogP contribution in [0.5, 0.6) is 5.75 Å². The number of hydrogen-bond acceptors (Lipinski definition) is 6. The molecule has 170 valence electrons. The van der Waals surface area contributed by atoms with Crippen molar-refractivity contribution in [3.05, 3.63) is 59.0 Å². The molecule has 2 aromatic heterocycles. The fraction of sp³-hybridized carbons (Fsp3) is 0.300. The lowest BCUT2D eigenvalue weighted by Crippen LogP contribution is -2.25. The highest BCUT2D eigenvalue weighted by atomic mass is 19.4. The normalized spacial score (nSPS) is 13.2. The minimum Gasteiger partial charge on any atom is -0.491 e. The Hall–Kier alpha value is -3.67. The number of alkyl halides is 3. The van der Waals surface area contributed by atoms with E-state index in [-0.39, 0.29) is 5.91 Å². The zero-order chi connectivity index (χ0) is 23.3. The third-order valence-corrected chi connectivity index (χ3v) is 4.45. The Morgan fingerprint density at radius 3 is 2.72 bits per heavy atom. The van der Waals surface area contributed by atoms with Crippen molar-refractivity contribution < 1.29 is 32.6 Å². The lowest BCUT2D eigenvalue weighted by atomic mass is 10.1. The van der Waals surface area contributed by atoms with Crippen molar-refractivity contribution in [1.29, 1.82) is 0 Å². The number of pyridine rings is 1. The summed E-state index contributed by atoms with van der Waals surface area (Å²) >= 11 is 0. The molecule has 0 fully saturated rings. The first kappa shape index (κ1) is 23.0. The number of aromatic nitrogens is 3. The van der Waals surface area contributed by atoms with Crippen molar-refractivity contribution in [3.8, 4) is 5.75 Å². The van der Waals surface area contributed by atoms with Crippen LogP contribution in [0.2, 0.25) is 0 Å². The molecule has 1 aromatic carbocycles. The zero-order valence-electron chi connectivity index (χ0n) is 16.9. The van der Waals surface area contributed by atoms with Crippen LogP contribution >= 0.6 is 0 Å². The number of rotatable bonds is 3. The van der Waals surface area contributed by atoms with E-state index in [0.29, 0.717) is 36.8 Å². The van der Waals surface area contributed by atoms with Crippen molar-refractivity contribution in [2.75, 3.05) is 13.2 Å². The first-order chi connectivity index (χ1) is 15.2. The van der Waals surface area contributed by atoms with Crippen molar-refractivity contribution in [2.45, 2.75) is 26.2 Å². The number of aliphatic carboxylic acids is 1. The summed E-state index contributed by atoms with van der Waals surface area (Å²) < 4.78 is 39.4. The zero-order valence-corrected chi connectivity index (χ0v) is 16.9. The van der Waals surface area contributed by atoms with E-state index in [1.165, 1.54) is 0 Å². The molecule has 0 aliphatic carbocycles. The topological polar surface area (TPSA) is 118 Å². The van der Waals surface area contributed by atoms with E-state index >= 15 is 0 Å². The van der Waals surface area contributed by atoms with Crippen LogP contribution in [0.4, 0.5) is 13.2 Å². The number of carbonyl (C=O) groups excluding carboxylic acids is 1. The number of benzene rings is 1. The van der Waals surface area contributed by atoms with Gasteiger partial charge < -0.3 is 20.5 Å². The number of nitrogens with zero attached hydrogens (tertiary/aromatic N) is 3. The monoisotopic (exact) mass is 451 g/mol. The lowest BCUT2D eigenvalue weighted by Gasteiger charge is -2.12. The molecule has 0 unspecified atom stereocenters. The summed E-state index contributed by atoms with van der Waals surface area (Å²) in [5.74, 6) is -1.58. The summed E-state index contributed by atoms with van der Waals surface area (Å²) in [5, 5.41) is 21.6. The highest BCUT2D eigenvalue weighted by Crippen LogP contribution is 2.25. The summed E-state index contributed by atoms with van der Waals surface area (Å²) in [5.41, 5.74) is 3.41. The Bertz CT molecular complexity index is 1130. The van der Waals surface area contributed by atoms with E-state index in [1.54, 1.807) is 6.07 Å². The molecule has 1 aliphatic heterocycles. The highest BCUT2D eigenvalue weighted by Gasteiger charge is 2.38. The number of aryl methyl sites for hydroxylation is 1.